The minimum atomic E-state index is -4.49. The maximum absolute atomic E-state index is 12.5. The van der Waals surface area contributed by atoms with Crippen LogP contribution in [0.15, 0.2) is 0 Å². The molecule has 2 aliphatic rings. The van der Waals surface area contributed by atoms with Gasteiger partial charge in [-0.3, -0.25) is 9.89 Å². The molecule has 1 amide bonds. The van der Waals surface area contributed by atoms with Crippen molar-refractivity contribution in [2.24, 2.45) is 11.3 Å². The zero-order chi connectivity index (χ0) is 16.0. The van der Waals surface area contributed by atoms with Crippen LogP contribution >= 0.6 is 0 Å². The zero-order valence-electron chi connectivity index (χ0n) is 12.4. The third kappa shape index (κ3) is 2.96. The standard InChI is InChI=1S/C14H19F3N4O/c1-9(22)21-7-13(8-21)4-2-10(3-5-13)6-11-18-12(20-19-11)14(15,16)17/h10H,2-8H2,1H3,(H,18,19,20). The molecule has 3 rings (SSSR count). The number of nitrogens with zero attached hydrogens (tertiary/aromatic N) is 3. The second kappa shape index (κ2) is 5.24. The molecule has 2 heterocycles. The van der Waals surface area contributed by atoms with E-state index in [1.54, 1.807) is 6.92 Å². The van der Waals surface area contributed by atoms with E-state index >= 15 is 0 Å². The van der Waals surface area contributed by atoms with Gasteiger partial charge in [0, 0.05) is 31.8 Å². The summed E-state index contributed by atoms with van der Waals surface area (Å²) in [6, 6.07) is 0. The fraction of sp³-hybridized carbons (Fsp3) is 0.786. The van der Waals surface area contributed by atoms with Gasteiger partial charge in [0.1, 0.15) is 5.82 Å². The number of likely N-dealkylation sites (tertiary alicyclic amines) is 1. The number of nitrogens with one attached hydrogen (secondary N) is 1. The summed E-state index contributed by atoms with van der Waals surface area (Å²) in [7, 11) is 0. The summed E-state index contributed by atoms with van der Waals surface area (Å²) in [5.74, 6) is -0.321. The van der Waals surface area contributed by atoms with Gasteiger partial charge in [-0.1, -0.05) is 0 Å². The number of halogens is 3. The summed E-state index contributed by atoms with van der Waals surface area (Å²) < 4.78 is 37.4. The molecular weight excluding hydrogens is 297 g/mol. The fourth-order valence-electron chi connectivity index (χ4n) is 3.58. The molecule has 0 bridgehead atoms. The average molecular weight is 316 g/mol. The molecule has 1 aromatic rings. The molecule has 1 aliphatic heterocycles. The third-order valence-electron chi connectivity index (χ3n) is 4.93. The van der Waals surface area contributed by atoms with E-state index in [0.717, 1.165) is 38.8 Å². The number of alkyl halides is 3. The molecule has 1 aliphatic carbocycles. The van der Waals surface area contributed by atoms with Crippen molar-refractivity contribution < 1.29 is 18.0 Å². The van der Waals surface area contributed by atoms with E-state index in [9.17, 15) is 18.0 Å². The van der Waals surface area contributed by atoms with E-state index in [4.69, 9.17) is 0 Å². The normalized spacial score (nSPS) is 21.9. The molecule has 0 radical (unpaired) electrons. The predicted molar refractivity (Wildman–Crippen MR) is 71.7 cm³/mol. The van der Waals surface area contributed by atoms with E-state index in [0.29, 0.717) is 18.2 Å². The zero-order valence-corrected chi connectivity index (χ0v) is 12.4. The van der Waals surface area contributed by atoms with Crippen LogP contribution in [0.5, 0.6) is 0 Å². The second-order valence-corrected chi connectivity index (χ2v) is 6.63. The van der Waals surface area contributed by atoms with Crippen molar-refractivity contribution in [1.29, 1.82) is 0 Å². The first-order valence-corrected chi connectivity index (χ1v) is 7.51. The van der Waals surface area contributed by atoms with Gasteiger partial charge in [-0.05, 0) is 31.6 Å². The lowest BCUT2D eigenvalue weighted by atomic mass is 9.65. The molecule has 5 nitrogen and oxygen atoms in total. The van der Waals surface area contributed by atoms with E-state index in [-0.39, 0.29) is 11.3 Å². The van der Waals surface area contributed by atoms with Crippen molar-refractivity contribution in [3.05, 3.63) is 11.6 Å². The number of amides is 1. The monoisotopic (exact) mass is 316 g/mol. The lowest BCUT2D eigenvalue weighted by molar-refractivity contribution is -0.145. The highest BCUT2D eigenvalue weighted by molar-refractivity contribution is 5.74. The van der Waals surface area contributed by atoms with E-state index in [1.165, 1.54) is 0 Å². The van der Waals surface area contributed by atoms with Crippen molar-refractivity contribution in [1.82, 2.24) is 20.1 Å². The van der Waals surface area contributed by atoms with Gasteiger partial charge in [0.2, 0.25) is 5.91 Å². The number of hydrogen-bond acceptors (Lipinski definition) is 3. The quantitative estimate of drug-likeness (QED) is 0.911. The first kappa shape index (κ1) is 15.3. The van der Waals surface area contributed by atoms with Crippen LogP contribution in [-0.2, 0) is 17.4 Å². The topological polar surface area (TPSA) is 61.9 Å². The number of carbonyl (C=O) groups is 1. The van der Waals surface area contributed by atoms with Gasteiger partial charge in [-0.15, -0.1) is 5.10 Å². The SMILES string of the molecule is CC(=O)N1CC2(CCC(Cc3nc(C(F)(F)F)n[nH]3)CC2)C1. The summed E-state index contributed by atoms with van der Waals surface area (Å²) in [6.45, 7) is 3.24. The largest absolute Gasteiger partial charge is 0.453 e. The van der Waals surface area contributed by atoms with Crippen LogP contribution in [0.4, 0.5) is 13.2 Å². The van der Waals surface area contributed by atoms with Gasteiger partial charge in [-0.2, -0.15) is 13.2 Å². The van der Waals surface area contributed by atoms with E-state index in [2.05, 4.69) is 15.2 Å². The van der Waals surface area contributed by atoms with Crippen LogP contribution < -0.4 is 0 Å². The minimum absolute atomic E-state index is 0.120. The first-order chi connectivity index (χ1) is 10.3. The summed E-state index contributed by atoms with van der Waals surface area (Å²) in [6.07, 6.45) is 0.00799. The van der Waals surface area contributed by atoms with Crippen LogP contribution in [-0.4, -0.2) is 39.1 Å². The molecule has 0 atom stereocenters. The Hall–Kier alpha value is -1.60. The Bertz CT molecular complexity index is 553. The number of aromatic nitrogens is 3. The summed E-state index contributed by atoms with van der Waals surface area (Å²) in [5, 5.41) is 5.63. The lowest BCUT2D eigenvalue weighted by Crippen LogP contribution is -2.59. The van der Waals surface area contributed by atoms with Crippen LogP contribution in [0.1, 0.15) is 44.3 Å². The molecule has 2 fully saturated rings. The number of aromatic amines is 1. The van der Waals surface area contributed by atoms with Crippen molar-refractivity contribution in [3.8, 4) is 0 Å². The van der Waals surface area contributed by atoms with Gasteiger partial charge in [0.15, 0.2) is 0 Å². The van der Waals surface area contributed by atoms with Crippen molar-refractivity contribution in [3.63, 3.8) is 0 Å². The predicted octanol–water partition coefficient (Wildman–Crippen LogP) is 2.40. The van der Waals surface area contributed by atoms with Crippen LogP contribution in [0, 0.1) is 11.3 Å². The maximum atomic E-state index is 12.5. The van der Waals surface area contributed by atoms with E-state index in [1.807, 2.05) is 4.90 Å². The molecule has 0 aromatic carbocycles. The number of rotatable bonds is 2. The van der Waals surface area contributed by atoms with E-state index < -0.39 is 12.0 Å². The van der Waals surface area contributed by atoms with Crippen LogP contribution in [0.25, 0.3) is 0 Å². The first-order valence-electron chi connectivity index (χ1n) is 7.51. The Balaban J connectivity index is 1.51. The van der Waals surface area contributed by atoms with Crippen molar-refractivity contribution in [2.75, 3.05) is 13.1 Å². The molecule has 1 N–H and O–H groups in total. The highest BCUT2D eigenvalue weighted by Gasteiger charge is 2.46. The van der Waals surface area contributed by atoms with Crippen molar-refractivity contribution >= 4 is 5.91 Å². The van der Waals surface area contributed by atoms with Crippen LogP contribution in [0.2, 0.25) is 0 Å². The molecule has 22 heavy (non-hydrogen) atoms. The summed E-state index contributed by atoms with van der Waals surface area (Å²) in [5.41, 5.74) is 0.251. The molecular formula is C14H19F3N4O. The summed E-state index contributed by atoms with van der Waals surface area (Å²) in [4.78, 5) is 16.6. The molecule has 1 aromatic heterocycles. The Morgan fingerprint density at radius 2 is 2.00 bits per heavy atom. The molecule has 8 heteroatoms. The molecule has 122 valence electrons. The average Bonchev–Trinajstić information content (AvgIpc) is 2.85. The highest BCUT2D eigenvalue weighted by atomic mass is 19.4. The van der Waals surface area contributed by atoms with Crippen molar-refractivity contribution in [2.45, 2.75) is 45.2 Å². The number of hydrogen-bond donors (Lipinski definition) is 1. The highest BCUT2D eigenvalue weighted by Crippen LogP contribution is 2.46. The van der Waals surface area contributed by atoms with Crippen LogP contribution in [0.3, 0.4) is 0 Å². The smallest absolute Gasteiger partial charge is 0.342 e. The third-order valence-corrected chi connectivity index (χ3v) is 4.93. The number of H-pyrrole nitrogens is 1. The van der Waals surface area contributed by atoms with Gasteiger partial charge in [-0.25, -0.2) is 4.98 Å². The van der Waals surface area contributed by atoms with Gasteiger partial charge in [0.05, 0.1) is 0 Å². The molecule has 1 spiro atoms. The molecule has 1 saturated carbocycles. The van der Waals surface area contributed by atoms with Gasteiger partial charge < -0.3 is 4.90 Å². The van der Waals surface area contributed by atoms with Gasteiger partial charge >= 0.3 is 6.18 Å². The maximum Gasteiger partial charge on any atom is 0.453 e. The lowest BCUT2D eigenvalue weighted by Gasteiger charge is -2.53. The Kier molecular flexibility index (Phi) is 3.65. The number of carbonyl (C=O) groups excluding carboxylic acids is 1. The Labute approximate surface area is 126 Å². The summed E-state index contributed by atoms with van der Waals surface area (Å²) >= 11 is 0. The fourth-order valence-corrected chi connectivity index (χ4v) is 3.58. The van der Waals surface area contributed by atoms with Gasteiger partial charge in [0.25, 0.3) is 5.82 Å². The Morgan fingerprint density at radius 3 is 2.50 bits per heavy atom. The molecule has 1 saturated heterocycles. The minimum Gasteiger partial charge on any atom is -0.342 e. The second-order valence-electron chi connectivity index (χ2n) is 6.63. The molecule has 0 unspecified atom stereocenters. The Morgan fingerprint density at radius 1 is 1.36 bits per heavy atom.